The second-order valence-corrected chi connectivity index (χ2v) is 4.94. The highest BCUT2D eigenvalue weighted by molar-refractivity contribution is 9.10. The van der Waals surface area contributed by atoms with Crippen LogP contribution in [-0.2, 0) is 0 Å². The molecule has 3 atom stereocenters. The van der Waals surface area contributed by atoms with Crippen LogP contribution in [0.2, 0.25) is 0 Å². The largest absolute Gasteiger partial charge is 0.366 e. The molecule has 2 aliphatic rings. The smallest absolute Gasteiger partial charge is 0.127 e. The Kier molecular flexibility index (Phi) is 1.99. The molecule has 3 nitrogen and oxygen atoms in total. The van der Waals surface area contributed by atoms with Gasteiger partial charge in [0.25, 0.3) is 0 Å². The van der Waals surface area contributed by atoms with Crippen molar-refractivity contribution in [3.63, 3.8) is 0 Å². The molecule has 1 saturated carbocycles. The molecule has 74 valence electrons. The summed E-state index contributed by atoms with van der Waals surface area (Å²) in [5, 5.41) is 6.95. The van der Waals surface area contributed by atoms with Crippen LogP contribution in [-0.4, -0.2) is 23.6 Å². The third-order valence-electron chi connectivity index (χ3n) is 3.01. The van der Waals surface area contributed by atoms with Crippen molar-refractivity contribution >= 4 is 21.7 Å². The zero-order valence-electron chi connectivity index (χ0n) is 7.70. The minimum atomic E-state index is 0.571. The van der Waals surface area contributed by atoms with E-state index in [0.717, 1.165) is 28.8 Å². The number of anilines is 1. The number of nitrogens with one attached hydrogen (secondary N) is 2. The van der Waals surface area contributed by atoms with Gasteiger partial charge in [0.15, 0.2) is 0 Å². The third-order valence-corrected chi connectivity index (χ3v) is 3.51. The van der Waals surface area contributed by atoms with Gasteiger partial charge in [-0.2, -0.15) is 0 Å². The summed E-state index contributed by atoms with van der Waals surface area (Å²) in [5.74, 6) is 1.80. The Bertz CT molecular complexity index is 355. The second kappa shape index (κ2) is 3.21. The number of fused-ring (bicyclic) bond motifs is 1. The van der Waals surface area contributed by atoms with E-state index >= 15 is 0 Å². The number of aromatic nitrogens is 1. The number of halogens is 1. The molecule has 0 amide bonds. The van der Waals surface area contributed by atoms with Crippen molar-refractivity contribution in [3.8, 4) is 0 Å². The molecule has 1 saturated heterocycles. The summed E-state index contributed by atoms with van der Waals surface area (Å²) in [6, 6.07) is 5.31. The number of hydrogen-bond donors (Lipinski definition) is 2. The molecule has 1 aliphatic carbocycles. The van der Waals surface area contributed by atoms with Crippen LogP contribution in [0.25, 0.3) is 0 Å². The Balaban J connectivity index is 1.71. The van der Waals surface area contributed by atoms with E-state index in [1.54, 1.807) is 0 Å². The molecule has 2 fully saturated rings. The van der Waals surface area contributed by atoms with Crippen LogP contribution in [0.3, 0.4) is 0 Å². The van der Waals surface area contributed by atoms with Crippen LogP contribution in [0.15, 0.2) is 22.8 Å². The first-order valence-electron chi connectivity index (χ1n) is 4.94. The van der Waals surface area contributed by atoms with Gasteiger partial charge in [-0.3, -0.25) is 0 Å². The van der Waals surface area contributed by atoms with E-state index in [1.807, 2.05) is 18.3 Å². The number of nitrogens with zero attached hydrogens (tertiary/aromatic N) is 1. The monoisotopic (exact) mass is 253 g/mol. The summed E-state index contributed by atoms with van der Waals surface area (Å²) in [4.78, 5) is 4.29. The van der Waals surface area contributed by atoms with Gasteiger partial charge in [-0.1, -0.05) is 15.9 Å². The van der Waals surface area contributed by atoms with Gasteiger partial charge in [-0.25, -0.2) is 4.98 Å². The average Bonchev–Trinajstić information content (AvgIpc) is 2.84. The van der Waals surface area contributed by atoms with Crippen molar-refractivity contribution in [3.05, 3.63) is 22.8 Å². The van der Waals surface area contributed by atoms with E-state index in [1.165, 1.54) is 6.42 Å². The maximum absolute atomic E-state index is 4.29. The van der Waals surface area contributed by atoms with Gasteiger partial charge in [-0.15, -0.1) is 0 Å². The van der Waals surface area contributed by atoms with E-state index < -0.39 is 0 Å². The van der Waals surface area contributed by atoms with Crippen LogP contribution in [0.5, 0.6) is 0 Å². The summed E-state index contributed by atoms with van der Waals surface area (Å²) in [5.41, 5.74) is 0. The van der Waals surface area contributed by atoms with Crippen LogP contribution < -0.4 is 10.6 Å². The fourth-order valence-electron chi connectivity index (χ4n) is 2.16. The Morgan fingerprint density at radius 2 is 2.50 bits per heavy atom. The minimum absolute atomic E-state index is 0.571. The summed E-state index contributed by atoms with van der Waals surface area (Å²) in [6.07, 6.45) is 3.14. The van der Waals surface area contributed by atoms with Crippen molar-refractivity contribution < 1.29 is 0 Å². The topological polar surface area (TPSA) is 37.0 Å². The number of rotatable bonds is 2. The van der Waals surface area contributed by atoms with E-state index in [0.29, 0.717) is 6.04 Å². The normalized spacial score (nSPS) is 33.9. The quantitative estimate of drug-likeness (QED) is 0.842. The molecule has 1 aliphatic heterocycles. The molecule has 1 aromatic heterocycles. The fourth-order valence-corrected chi connectivity index (χ4v) is 2.49. The molecule has 0 bridgehead atoms. The van der Waals surface area contributed by atoms with Crippen molar-refractivity contribution in [2.75, 3.05) is 11.9 Å². The third kappa shape index (κ3) is 1.53. The van der Waals surface area contributed by atoms with Gasteiger partial charge < -0.3 is 10.6 Å². The maximum Gasteiger partial charge on any atom is 0.127 e. The Morgan fingerprint density at radius 1 is 1.57 bits per heavy atom. The Morgan fingerprint density at radius 3 is 3.14 bits per heavy atom. The summed E-state index contributed by atoms with van der Waals surface area (Å²) in [7, 11) is 0. The number of hydrogen-bond acceptors (Lipinski definition) is 3. The molecular formula is C10H12BrN3. The predicted octanol–water partition coefficient (Wildman–Crippen LogP) is 1.62. The molecule has 2 unspecified atom stereocenters. The van der Waals surface area contributed by atoms with E-state index in [9.17, 15) is 0 Å². The van der Waals surface area contributed by atoms with E-state index in [-0.39, 0.29) is 0 Å². The lowest BCUT2D eigenvalue weighted by atomic mass is 10.2. The molecule has 0 aromatic carbocycles. The fraction of sp³-hybridized carbons (Fsp3) is 0.500. The van der Waals surface area contributed by atoms with Gasteiger partial charge in [0.1, 0.15) is 5.82 Å². The van der Waals surface area contributed by atoms with Gasteiger partial charge in [0, 0.05) is 29.3 Å². The van der Waals surface area contributed by atoms with Gasteiger partial charge in [0.2, 0.25) is 0 Å². The minimum Gasteiger partial charge on any atom is -0.366 e. The standard InChI is InChI=1S/C10H12BrN3/c11-6-1-2-12-10(3-6)14-9-5-13-8-4-7(8)9/h1-3,7-9,13H,4-5H2,(H,12,14)/t7?,8?,9-/m0/s1. The molecule has 0 radical (unpaired) electrons. The first-order chi connectivity index (χ1) is 6.83. The van der Waals surface area contributed by atoms with Crippen molar-refractivity contribution in [2.45, 2.75) is 18.5 Å². The van der Waals surface area contributed by atoms with Gasteiger partial charge in [-0.05, 0) is 24.5 Å². The lowest BCUT2D eigenvalue weighted by Crippen LogP contribution is -2.27. The molecule has 1 aromatic rings. The molecule has 4 heteroatoms. The first kappa shape index (κ1) is 8.68. The number of pyridine rings is 1. The summed E-state index contributed by atoms with van der Waals surface area (Å²) >= 11 is 3.44. The lowest BCUT2D eigenvalue weighted by molar-refractivity contribution is 0.669. The zero-order chi connectivity index (χ0) is 9.54. The maximum atomic E-state index is 4.29. The first-order valence-corrected chi connectivity index (χ1v) is 5.74. The highest BCUT2D eigenvalue weighted by Crippen LogP contribution is 2.39. The van der Waals surface area contributed by atoms with Gasteiger partial charge >= 0.3 is 0 Å². The number of piperidine rings is 1. The van der Waals surface area contributed by atoms with Crippen LogP contribution >= 0.6 is 15.9 Å². The highest BCUT2D eigenvalue weighted by atomic mass is 79.9. The zero-order valence-corrected chi connectivity index (χ0v) is 9.29. The van der Waals surface area contributed by atoms with Crippen molar-refractivity contribution in [1.29, 1.82) is 0 Å². The molecule has 2 N–H and O–H groups in total. The summed E-state index contributed by atoms with van der Waals surface area (Å²) < 4.78 is 1.08. The van der Waals surface area contributed by atoms with Crippen LogP contribution in [0.1, 0.15) is 6.42 Å². The molecule has 3 rings (SSSR count). The molecule has 0 spiro atoms. The van der Waals surface area contributed by atoms with Crippen LogP contribution in [0.4, 0.5) is 5.82 Å². The van der Waals surface area contributed by atoms with E-state index in [4.69, 9.17) is 0 Å². The van der Waals surface area contributed by atoms with E-state index in [2.05, 4.69) is 31.5 Å². The summed E-state index contributed by atoms with van der Waals surface area (Å²) in [6.45, 7) is 1.07. The highest BCUT2D eigenvalue weighted by Gasteiger charge is 2.48. The molecule has 2 heterocycles. The average molecular weight is 254 g/mol. The Labute approximate surface area is 91.4 Å². The predicted molar refractivity (Wildman–Crippen MR) is 59.2 cm³/mol. The molecule has 14 heavy (non-hydrogen) atoms. The Hall–Kier alpha value is -0.610. The van der Waals surface area contributed by atoms with Crippen molar-refractivity contribution in [1.82, 2.24) is 10.3 Å². The SMILES string of the molecule is Brc1ccnc(N[C@H]2CNC3CC32)c1. The second-order valence-electron chi connectivity index (χ2n) is 4.02. The van der Waals surface area contributed by atoms with Crippen molar-refractivity contribution in [2.24, 2.45) is 5.92 Å². The van der Waals surface area contributed by atoms with Crippen LogP contribution in [0, 0.1) is 5.92 Å². The molecular weight excluding hydrogens is 242 g/mol. The lowest BCUT2D eigenvalue weighted by Gasteiger charge is -2.14. The van der Waals surface area contributed by atoms with Gasteiger partial charge in [0.05, 0.1) is 0 Å².